The van der Waals surface area contributed by atoms with E-state index < -0.39 is 0 Å². The fraction of sp³-hybridized carbons (Fsp3) is 0.267. The molecule has 0 radical (unpaired) electrons. The molecule has 0 bridgehead atoms. The van der Waals surface area contributed by atoms with Gasteiger partial charge in [-0.25, -0.2) is 4.98 Å². The summed E-state index contributed by atoms with van der Waals surface area (Å²) in [5.41, 5.74) is 9.19. The van der Waals surface area contributed by atoms with E-state index in [1.807, 2.05) is 25.4 Å². The SMILES string of the molecule is Cc1ccc(CN(C)c2ccc(CN)cn2)cc1. The number of aromatic nitrogens is 1. The van der Waals surface area contributed by atoms with Gasteiger partial charge in [0.25, 0.3) is 0 Å². The van der Waals surface area contributed by atoms with Gasteiger partial charge >= 0.3 is 0 Å². The molecular formula is C15H19N3. The van der Waals surface area contributed by atoms with Crippen LogP contribution in [0.5, 0.6) is 0 Å². The molecule has 2 aromatic rings. The average Bonchev–Trinajstić information content (AvgIpc) is 2.41. The molecule has 2 rings (SSSR count). The van der Waals surface area contributed by atoms with Crippen molar-refractivity contribution in [2.24, 2.45) is 5.73 Å². The number of pyridine rings is 1. The standard InChI is InChI=1S/C15H19N3/c1-12-3-5-13(6-4-12)11-18(2)15-8-7-14(9-16)10-17-15/h3-8,10H,9,11,16H2,1-2H3. The third-order valence-electron chi connectivity index (χ3n) is 2.98. The van der Waals surface area contributed by atoms with Crippen LogP contribution in [0.1, 0.15) is 16.7 Å². The van der Waals surface area contributed by atoms with Crippen molar-refractivity contribution in [1.82, 2.24) is 4.98 Å². The number of rotatable bonds is 4. The largest absolute Gasteiger partial charge is 0.355 e. The third-order valence-corrected chi connectivity index (χ3v) is 2.98. The van der Waals surface area contributed by atoms with E-state index in [1.165, 1.54) is 11.1 Å². The molecule has 0 fully saturated rings. The van der Waals surface area contributed by atoms with Gasteiger partial charge in [-0.2, -0.15) is 0 Å². The molecule has 0 unspecified atom stereocenters. The van der Waals surface area contributed by atoms with Crippen LogP contribution >= 0.6 is 0 Å². The predicted molar refractivity (Wildman–Crippen MR) is 75.4 cm³/mol. The zero-order valence-electron chi connectivity index (χ0n) is 10.9. The summed E-state index contributed by atoms with van der Waals surface area (Å²) >= 11 is 0. The van der Waals surface area contributed by atoms with Crippen molar-refractivity contribution in [3.63, 3.8) is 0 Å². The van der Waals surface area contributed by atoms with Gasteiger partial charge in [-0.3, -0.25) is 0 Å². The molecule has 2 N–H and O–H groups in total. The number of benzene rings is 1. The van der Waals surface area contributed by atoms with Gasteiger partial charge in [0, 0.05) is 26.3 Å². The topological polar surface area (TPSA) is 42.1 Å². The molecule has 0 amide bonds. The van der Waals surface area contributed by atoms with E-state index in [-0.39, 0.29) is 0 Å². The number of nitrogens with zero attached hydrogens (tertiary/aromatic N) is 2. The first-order valence-corrected chi connectivity index (χ1v) is 6.10. The Hall–Kier alpha value is -1.87. The van der Waals surface area contributed by atoms with Crippen LogP contribution in [-0.2, 0) is 13.1 Å². The minimum atomic E-state index is 0.537. The summed E-state index contributed by atoms with van der Waals surface area (Å²) in [6.45, 7) is 3.49. The fourth-order valence-corrected chi connectivity index (χ4v) is 1.81. The van der Waals surface area contributed by atoms with Crippen molar-refractivity contribution in [1.29, 1.82) is 0 Å². The van der Waals surface area contributed by atoms with Crippen LogP contribution in [-0.4, -0.2) is 12.0 Å². The van der Waals surface area contributed by atoms with Crippen molar-refractivity contribution in [2.45, 2.75) is 20.0 Å². The molecule has 1 aromatic heterocycles. The molecule has 3 nitrogen and oxygen atoms in total. The number of anilines is 1. The maximum Gasteiger partial charge on any atom is 0.128 e. The predicted octanol–water partition coefficient (Wildman–Crippen LogP) is 2.49. The Kier molecular flexibility index (Phi) is 3.95. The first-order valence-electron chi connectivity index (χ1n) is 6.10. The zero-order chi connectivity index (χ0) is 13.0. The molecule has 0 atom stereocenters. The minimum Gasteiger partial charge on any atom is -0.355 e. The lowest BCUT2D eigenvalue weighted by Gasteiger charge is -2.18. The quantitative estimate of drug-likeness (QED) is 0.894. The fourth-order valence-electron chi connectivity index (χ4n) is 1.81. The van der Waals surface area contributed by atoms with Gasteiger partial charge in [0.05, 0.1) is 0 Å². The first-order chi connectivity index (χ1) is 8.69. The number of nitrogens with two attached hydrogens (primary N) is 1. The minimum absolute atomic E-state index is 0.537. The Labute approximate surface area is 108 Å². The Morgan fingerprint density at radius 2 is 1.72 bits per heavy atom. The van der Waals surface area contributed by atoms with Crippen molar-refractivity contribution in [3.8, 4) is 0 Å². The van der Waals surface area contributed by atoms with Crippen LogP contribution in [0.25, 0.3) is 0 Å². The van der Waals surface area contributed by atoms with Crippen LogP contribution in [0.15, 0.2) is 42.6 Å². The molecule has 1 aromatic carbocycles. The zero-order valence-corrected chi connectivity index (χ0v) is 10.9. The van der Waals surface area contributed by atoms with Gasteiger partial charge in [0.15, 0.2) is 0 Å². The highest BCUT2D eigenvalue weighted by Crippen LogP contribution is 2.13. The molecular weight excluding hydrogens is 222 g/mol. The number of aryl methyl sites for hydroxylation is 1. The molecule has 18 heavy (non-hydrogen) atoms. The lowest BCUT2D eigenvalue weighted by molar-refractivity contribution is 0.892. The normalized spacial score (nSPS) is 10.4. The summed E-state index contributed by atoms with van der Waals surface area (Å²) in [4.78, 5) is 6.54. The molecule has 94 valence electrons. The van der Waals surface area contributed by atoms with Gasteiger partial charge in [0.2, 0.25) is 0 Å². The van der Waals surface area contributed by atoms with E-state index in [2.05, 4.69) is 41.1 Å². The van der Waals surface area contributed by atoms with Crippen molar-refractivity contribution >= 4 is 5.82 Å². The smallest absolute Gasteiger partial charge is 0.128 e. The summed E-state index contributed by atoms with van der Waals surface area (Å²) in [5, 5.41) is 0. The van der Waals surface area contributed by atoms with Crippen molar-refractivity contribution < 1.29 is 0 Å². The Bertz CT molecular complexity index is 488. The summed E-state index contributed by atoms with van der Waals surface area (Å²) in [7, 11) is 2.05. The van der Waals surface area contributed by atoms with Crippen LogP contribution in [0.3, 0.4) is 0 Å². The van der Waals surface area contributed by atoms with Crippen LogP contribution < -0.4 is 10.6 Å². The highest BCUT2D eigenvalue weighted by atomic mass is 15.2. The second-order valence-corrected chi connectivity index (χ2v) is 4.57. The molecule has 0 saturated carbocycles. The summed E-state index contributed by atoms with van der Waals surface area (Å²) in [6.07, 6.45) is 1.83. The maximum atomic E-state index is 5.56. The summed E-state index contributed by atoms with van der Waals surface area (Å²) < 4.78 is 0. The van der Waals surface area contributed by atoms with Gasteiger partial charge in [-0.05, 0) is 24.1 Å². The second kappa shape index (κ2) is 5.65. The van der Waals surface area contributed by atoms with E-state index in [1.54, 1.807) is 0 Å². The summed E-state index contributed by atoms with van der Waals surface area (Å²) in [6, 6.07) is 12.6. The van der Waals surface area contributed by atoms with E-state index in [0.717, 1.165) is 17.9 Å². The van der Waals surface area contributed by atoms with Crippen LogP contribution in [0.2, 0.25) is 0 Å². The van der Waals surface area contributed by atoms with Gasteiger partial charge < -0.3 is 10.6 Å². The Balaban J connectivity index is 2.06. The van der Waals surface area contributed by atoms with E-state index in [0.29, 0.717) is 6.54 Å². The van der Waals surface area contributed by atoms with E-state index in [4.69, 9.17) is 5.73 Å². The van der Waals surface area contributed by atoms with E-state index in [9.17, 15) is 0 Å². The van der Waals surface area contributed by atoms with E-state index >= 15 is 0 Å². The molecule has 0 aliphatic rings. The highest BCUT2D eigenvalue weighted by molar-refractivity contribution is 5.39. The third kappa shape index (κ3) is 3.08. The Morgan fingerprint density at radius 3 is 2.28 bits per heavy atom. The first kappa shape index (κ1) is 12.6. The maximum absolute atomic E-state index is 5.56. The lowest BCUT2D eigenvalue weighted by atomic mass is 10.1. The highest BCUT2D eigenvalue weighted by Gasteiger charge is 2.03. The summed E-state index contributed by atoms with van der Waals surface area (Å²) in [5.74, 6) is 0.966. The number of hydrogen-bond acceptors (Lipinski definition) is 3. The van der Waals surface area contributed by atoms with Crippen LogP contribution in [0, 0.1) is 6.92 Å². The monoisotopic (exact) mass is 241 g/mol. The number of hydrogen-bond donors (Lipinski definition) is 1. The molecule has 0 spiro atoms. The average molecular weight is 241 g/mol. The molecule has 0 aliphatic heterocycles. The van der Waals surface area contributed by atoms with Crippen molar-refractivity contribution in [2.75, 3.05) is 11.9 Å². The second-order valence-electron chi connectivity index (χ2n) is 4.57. The molecule has 0 aliphatic carbocycles. The van der Waals surface area contributed by atoms with Gasteiger partial charge in [0.1, 0.15) is 5.82 Å². The molecule has 1 heterocycles. The Morgan fingerprint density at radius 1 is 1.06 bits per heavy atom. The van der Waals surface area contributed by atoms with Gasteiger partial charge in [-0.1, -0.05) is 35.9 Å². The van der Waals surface area contributed by atoms with Gasteiger partial charge in [-0.15, -0.1) is 0 Å². The molecule has 3 heteroatoms. The van der Waals surface area contributed by atoms with Crippen LogP contribution in [0.4, 0.5) is 5.82 Å². The lowest BCUT2D eigenvalue weighted by Crippen LogP contribution is -2.17. The van der Waals surface area contributed by atoms with Crippen molar-refractivity contribution in [3.05, 3.63) is 59.3 Å². The molecule has 0 saturated heterocycles.